The molecule has 1 amide bonds. The number of amides is 1. The summed E-state index contributed by atoms with van der Waals surface area (Å²) in [7, 11) is 0. The number of rotatable bonds is 3. The van der Waals surface area contributed by atoms with Crippen molar-refractivity contribution in [2.75, 3.05) is 4.90 Å². The molecule has 0 aliphatic carbocycles. The van der Waals surface area contributed by atoms with Gasteiger partial charge < -0.3 is 4.42 Å². The lowest BCUT2D eigenvalue weighted by molar-refractivity contribution is -0.117. The maximum absolute atomic E-state index is 12.8. The van der Waals surface area contributed by atoms with Crippen LogP contribution in [-0.4, -0.2) is 16.7 Å². The number of furan rings is 1. The first kappa shape index (κ1) is 13.0. The Hall–Kier alpha value is -2.73. The Morgan fingerprint density at radius 3 is 2.82 bits per heavy atom. The topological polar surface area (TPSA) is 63.4 Å². The number of ketones is 1. The summed E-state index contributed by atoms with van der Waals surface area (Å²) in [6, 6.07) is 10.5. The van der Waals surface area contributed by atoms with Crippen LogP contribution in [-0.2, 0) is 4.79 Å². The minimum absolute atomic E-state index is 0.189. The SMILES string of the molecule is O=C(c1ccco1)C1C(=O)N(c2nccs2)c2ccccc21. The first-order valence-corrected chi connectivity index (χ1v) is 7.55. The lowest BCUT2D eigenvalue weighted by Gasteiger charge is -2.13. The highest BCUT2D eigenvalue weighted by Crippen LogP contribution is 2.43. The molecule has 22 heavy (non-hydrogen) atoms. The van der Waals surface area contributed by atoms with Crippen molar-refractivity contribution in [1.29, 1.82) is 0 Å². The van der Waals surface area contributed by atoms with Gasteiger partial charge in [-0.05, 0) is 23.8 Å². The van der Waals surface area contributed by atoms with E-state index in [9.17, 15) is 9.59 Å². The number of nitrogens with zero attached hydrogens (tertiary/aromatic N) is 2. The van der Waals surface area contributed by atoms with E-state index in [4.69, 9.17) is 4.42 Å². The van der Waals surface area contributed by atoms with Crippen LogP contribution in [0.25, 0.3) is 0 Å². The van der Waals surface area contributed by atoms with Crippen LogP contribution in [0.15, 0.2) is 58.7 Å². The van der Waals surface area contributed by atoms with Crippen LogP contribution in [0.1, 0.15) is 22.0 Å². The molecule has 4 rings (SSSR count). The molecule has 0 saturated carbocycles. The normalized spacial score (nSPS) is 16.8. The fraction of sp³-hybridized carbons (Fsp3) is 0.0625. The van der Waals surface area contributed by atoms with Crippen molar-refractivity contribution >= 4 is 33.8 Å². The van der Waals surface area contributed by atoms with Gasteiger partial charge in [0.1, 0.15) is 5.92 Å². The highest BCUT2D eigenvalue weighted by Gasteiger charge is 2.44. The van der Waals surface area contributed by atoms with Crippen LogP contribution in [0.4, 0.5) is 10.8 Å². The zero-order valence-corrected chi connectivity index (χ0v) is 12.1. The number of anilines is 2. The zero-order chi connectivity index (χ0) is 15.1. The molecule has 0 fully saturated rings. The van der Waals surface area contributed by atoms with Gasteiger partial charge in [0.05, 0.1) is 12.0 Å². The van der Waals surface area contributed by atoms with Crippen LogP contribution in [0.2, 0.25) is 0 Å². The van der Waals surface area contributed by atoms with E-state index < -0.39 is 5.92 Å². The standard InChI is InChI=1S/C16H10N2O3S/c19-14(12-6-3-8-21-12)13-10-4-1-2-5-11(10)18(15(13)20)16-17-7-9-22-16/h1-9,13H. The molecule has 1 aromatic carbocycles. The van der Waals surface area contributed by atoms with Gasteiger partial charge in [-0.25, -0.2) is 4.98 Å². The van der Waals surface area contributed by atoms with Gasteiger partial charge in [0, 0.05) is 11.6 Å². The molecule has 0 spiro atoms. The van der Waals surface area contributed by atoms with Crippen LogP contribution in [0.3, 0.4) is 0 Å². The Morgan fingerprint density at radius 2 is 2.09 bits per heavy atom. The summed E-state index contributed by atoms with van der Waals surface area (Å²) >= 11 is 1.36. The lowest BCUT2D eigenvalue weighted by atomic mass is 9.95. The molecule has 1 aliphatic rings. The van der Waals surface area contributed by atoms with Gasteiger partial charge >= 0.3 is 0 Å². The second kappa shape index (κ2) is 4.92. The summed E-state index contributed by atoms with van der Waals surface area (Å²) in [5, 5.41) is 2.36. The van der Waals surface area contributed by atoms with Crippen molar-refractivity contribution in [2.24, 2.45) is 0 Å². The van der Waals surface area contributed by atoms with Crippen molar-refractivity contribution in [2.45, 2.75) is 5.92 Å². The average molecular weight is 310 g/mol. The molecule has 0 N–H and O–H groups in total. The number of carbonyl (C=O) groups is 2. The van der Waals surface area contributed by atoms with Gasteiger partial charge in [-0.2, -0.15) is 0 Å². The molecule has 3 heterocycles. The molecule has 0 saturated heterocycles. The molecule has 3 aromatic rings. The molecule has 2 aromatic heterocycles. The van der Waals surface area contributed by atoms with E-state index in [-0.39, 0.29) is 17.5 Å². The van der Waals surface area contributed by atoms with Gasteiger partial charge in [-0.3, -0.25) is 14.5 Å². The molecule has 1 atom stereocenters. The average Bonchev–Trinajstić information content (AvgIpc) is 3.26. The molecule has 5 nitrogen and oxygen atoms in total. The predicted octanol–water partition coefficient (Wildman–Crippen LogP) is 3.38. The maximum Gasteiger partial charge on any atom is 0.249 e. The van der Waals surface area contributed by atoms with E-state index in [1.54, 1.807) is 29.8 Å². The van der Waals surface area contributed by atoms with Gasteiger partial charge in [0.15, 0.2) is 10.9 Å². The lowest BCUT2D eigenvalue weighted by Crippen LogP contribution is -2.27. The van der Waals surface area contributed by atoms with Crippen LogP contribution >= 0.6 is 11.3 Å². The van der Waals surface area contributed by atoms with Gasteiger partial charge in [-0.1, -0.05) is 18.2 Å². The van der Waals surface area contributed by atoms with Crippen molar-refractivity contribution in [3.8, 4) is 0 Å². The number of hydrogen-bond acceptors (Lipinski definition) is 5. The van der Waals surface area contributed by atoms with Crippen LogP contribution in [0.5, 0.6) is 0 Å². The molecule has 0 radical (unpaired) electrons. The second-order valence-electron chi connectivity index (χ2n) is 4.82. The van der Waals surface area contributed by atoms with Crippen molar-refractivity contribution in [3.63, 3.8) is 0 Å². The van der Waals surface area contributed by atoms with Crippen LogP contribution in [0, 0.1) is 0 Å². The van der Waals surface area contributed by atoms with Gasteiger partial charge in [-0.15, -0.1) is 11.3 Å². The summed E-state index contributed by atoms with van der Waals surface area (Å²) < 4.78 is 5.16. The Labute approximate surface area is 129 Å². The highest BCUT2D eigenvalue weighted by atomic mass is 32.1. The summed E-state index contributed by atoms with van der Waals surface area (Å²) in [5.74, 6) is -1.32. The highest BCUT2D eigenvalue weighted by molar-refractivity contribution is 7.14. The Balaban J connectivity index is 1.84. The fourth-order valence-corrected chi connectivity index (χ4v) is 3.31. The number of Topliss-reactive ketones (excluding diaryl/α,β-unsaturated/α-hetero) is 1. The van der Waals surface area contributed by atoms with Crippen molar-refractivity contribution < 1.29 is 14.0 Å². The fourth-order valence-electron chi connectivity index (χ4n) is 2.65. The second-order valence-corrected chi connectivity index (χ2v) is 5.69. The molecule has 1 unspecified atom stereocenters. The molecule has 108 valence electrons. The summed E-state index contributed by atoms with van der Waals surface area (Å²) in [6.45, 7) is 0. The van der Waals surface area contributed by atoms with E-state index in [0.29, 0.717) is 16.4 Å². The number of hydrogen-bond donors (Lipinski definition) is 0. The largest absolute Gasteiger partial charge is 0.461 e. The summed E-state index contributed by atoms with van der Waals surface area (Å²) in [4.78, 5) is 31.2. The van der Waals surface area contributed by atoms with Crippen LogP contribution < -0.4 is 4.90 Å². The molecule has 0 bridgehead atoms. The molecular weight excluding hydrogens is 300 g/mol. The van der Waals surface area contributed by atoms with Crippen molar-refractivity contribution in [1.82, 2.24) is 4.98 Å². The van der Waals surface area contributed by atoms with E-state index >= 15 is 0 Å². The molecule has 1 aliphatic heterocycles. The van der Waals surface area contributed by atoms with E-state index in [0.717, 1.165) is 0 Å². The minimum Gasteiger partial charge on any atom is -0.461 e. The quantitative estimate of drug-likeness (QED) is 0.549. The summed E-state index contributed by atoms with van der Waals surface area (Å²) in [5.41, 5.74) is 1.39. The molecule has 6 heteroatoms. The zero-order valence-electron chi connectivity index (χ0n) is 11.3. The Bertz CT molecular complexity index is 840. The third kappa shape index (κ3) is 1.81. The number of benzene rings is 1. The Morgan fingerprint density at radius 1 is 1.23 bits per heavy atom. The Kier molecular flexibility index (Phi) is 2.90. The number of aromatic nitrogens is 1. The van der Waals surface area contributed by atoms with E-state index in [1.807, 2.05) is 18.2 Å². The first-order chi connectivity index (χ1) is 10.8. The molecular formula is C16H10N2O3S. The van der Waals surface area contributed by atoms with Gasteiger partial charge in [0.25, 0.3) is 0 Å². The number of fused-ring (bicyclic) bond motifs is 1. The van der Waals surface area contributed by atoms with E-state index in [1.165, 1.54) is 22.5 Å². The van der Waals surface area contributed by atoms with E-state index in [2.05, 4.69) is 4.98 Å². The predicted molar refractivity (Wildman–Crippen MR) is 81.5 cm³/mol. The third-order valence-corrected chi connectivity index (χ3v) is 4.35. The summed E-state index contributed by atoms with van der Waals surface area (Å²) in [6.07, 6.45) is 3.06. The smallest absolute Gasteiger partial charge is 0.249 e. The number of para-hydroxylation sites is 1. The number of thiazole rings is 1. The van der Waals surface area contributed by atoms with Gasteiger partial charge in [0.2, 0.25) is 11.7 Å². The number of carbonyl (C=O) groups excluding carboxylic acids is 2. The monoisotopic (exact) mass is 310 g/mol. The third-order valence-electron chi connectivity index (χ3n) is 3.59. The first-order valence-electron chi connectivity index (χ1n) is 6.67. The minimum atomic E-state index is -0.883. The van der Waals surface area contributed by atoms with Crippen molar-refractivity contribution in [3.05, 3.63) is 65.6 Å². The maximum atomic E-state index is 12.8.